The van der Waals surface area contributed by atoms with Crippen molar-refractivity contribution in [3.8, 4) is 5.75 Å². The van der Waals surface area contributed by atoms with Crippen molar-refractivity contribution in [1.82, 2.24) is 5.32 Å². The number of carbonyl (C=O) groups excluding carboxylic acids is 2. The van der Waals surface area contributed by atoms with Gasteiger partial charge in [0.2, 0.25) is 0 Å². The predicted molar refractivity (Wildman–Crippen MR) is 82.5 cm³/mol. The first-order valence-electron chi connectivity index (χ1n) is 7.93. The predicted octanol–water partition coefficient (Wildman–Crippen LogP) is 2.59. The van der Waals surface area contributed by atoms with Gasteiger partial charge < -0.3 is 14.8 Å². The summed E-state index contributed by atoms with van der Waals surface area (Å²) in [6.07, 6.45) is 4.52. The number of esters is 1. The van der Waals surface area contributed by atoms with Crippen LogP contribution in [0.1, 0.15) is 39.0 Å². The monoisotopic (exact) mass is 323 g/mol. The van der Waals surface area contributed by atoms with Crippen molar-refractivity contribution in [1.29, 1.82) is 0 Å². The van der Waals surface area contributed by atoms with E-state index in [1.165, 1.54) is 37.6 Å². The third-order valence-corrected chi connectivity index (χ3v) is 3.80. The molecule has 1 aromatic carbocycles. The van der Waals surface area contributed by atoms with Gasteiger partial charge in [-0.15, -0.1) is 0 Å². The highest BCUT2D eigenvalue weighted by atomic mass is 19.1. The van der Waals surface area contributed by atoms with Gasteiger partial charge in [-0.05, 0) is 44.0 Å². The van der Waals surface area contributed by atoms with E-state index in [1.807, 2.05) is 0 Å². The molecule has 23 heavy (non-hydrogen) atoms. The summed E-state index contributed by atoms with van der Waals surface area (Å²) in [4.78, 5) is 23.7. The molecule has 5 nitrogen and oxygen atoms in total. The van der Waals surface area contributed by atoms with Crippen molar-refractivity contribution in [2.45, 2.75) is 51.2 Å². The number of hydrogen-bond acceptors (Lipinski definition) is 4. The van der Waals surface area contributed by atoms with Crippen molar-refractivity contribution in [3.05, 3.63) is 30.1 Å². The van der Waals surface area contributed by atoms with Crippen molar-refractivity contribution in [3.63, 3.8) is 0 Å². The summed E-state index contributed by atoms with van der Waals surface area (Å²) >= 11 is 0. The van der Waals surface area contributed by atoms with E-state index in [0.29, 0.717) is 5.75 Å². The molecule has 1 aliphatic carbocycles. The van der Waals surface area contributed by atoms with Crippen LogP contribution in [0, 0.1) is 5.82 Å². The van der Waals surface area contributed by atoms with Crippen LogP contribution in [0.15, 0.2) is 24.3 Å². The Hall–Kier alpha value is -2.11. The summed E-state index contributed by atoms with van der Waals surface area (Å²) in [5, 5.41) is 2.91. The van der Waals surface area contributed by atoms with Gasteiger partial charge in [0.1, 0.15) is 11.6 Å². The summed E-state index contributed by atoms with van der Waals surface area (Å²) in [6, 6.07) is 5.48. The minimum Gasteiger partial charge on any atom is -0.482 e. The Bertz CT molecular complexity index is 526. The fourth-order valence-electron chi connectivity index (χ4n) is 2.52. The van der Waals surface area contributed by atoms with Crippen LogP contribution in [0.2, 0.25) is 0 Å². The standard InChI is InChI=1S/C17H22FNO4/c1-12(17(21)19-14-5-3-2-4-6-14)23-16(20)11-22-15-9-7-13(18)8-10-15/h7-10,12,14H,2-6,11H2,1H3,(H,19,21)/t12-/m0/s1. The average molecular weight is 323 g/mol. The number of nitrogens with one attached hydrogen (secondary N) is 1. The molecular weight excluding hydrogens is 301 g/mol. The van der Waals surface area contributed by atoms with Crippen LogP contribution in [0.3, 0.4) is 0 Å². The minimum absolute atomic E-state index is 0.174. The zero-order valence-corrected chi connectivity index (χ0v) is 13.2. The van der Waals surface area contributed by atoms with Gasteiger partial charge in [0.15, 0.2) is 12.7 Å². The Kier molecular flexibility index (Phi) is 6.38. The highest BCUT2D eigenvalue weighted by Crippen LogP contribution is 2.17. The largest absolute Gasteiger partial charge is 0.482 e. The van der Waals surface area contributed by atoms with E-state index in [0.717, 1.165) is 25.7 Å². The van der Waals surface area contributed by atoms with E-state index in [4.69, 9.17) is 9.47 Å². The van der Waals surface area contributed by atoms with E-state index in [2.05, 4.69) is 5.32 Å². The lowest BCUT2D eigenvalue weighted by Gasteiger charge is -2.24. The van der Waals surface area contributed by atoms with Gasteiger partial charge in [0, 0.05) is 6.04 Å². The molecule has 0 bridgehead atoms. The van der Waals surface area contributed by atoms with E-state index >= 15 is 0 Å². The van der Waals surface area contributed by atoms with Crippen LogP contribution in [0.25, 0.3) is 0 Å². The molecule has 0 saturated heterocycles. The number of rotatable bonds is 6. The minimum atomic E-state index is -0.860. The zero-order chi connectivity index (χ0) is 16.7. The van der Waals surface area contributed by atoms with Crippen LogP contribution in [-0.2, 0) is 14.3 Å². The highest BCUT2D eigenvalue weighted by Gasteiger charge is 2.22. The number of carbonyl (C=O) groups is 2. The molecule has 1 atom stereocenters. The SMILES string of the molecule is C[C@H](OC(=O)COc1ccc(F)cc1)C(=O)NC1CCCCC1. The Morgan fingerprint density at radius 2 is 1.87 bits per heavy atom. The van der Waals surface area contributed by atoms with Gasteiger partial charge in [0.25, 0.3) is 5.91 Å². The molecule has 0 aromatic heterocycles. The van der Waals surface area contributed by atoms with Crippen molar-refractivity contribution >= 4 is 11.9 Å². The summed E-state index contributed by atoms with van der Waals surface area (Å²) < 4.78 is 23.0. The molecule has 126 valence electrons. The molecule has 0 heterocycles. The second kappa shape index (κ2) is 8.50. The smallest absolute Gasteiger partial charge is 0.344 e. The second-order valence-electron chi connectivity index (χ2n) is 5.72. The fraction of sp³-hybridized carbons (Fsp3) is 0.529. The molecule has 6 heteroatoms. The van der Waals surface area contributed by atoms with Gasteiger partial charge in [-0.3, -0.25) is 4.79 Å². The third kappa shape index (κ3) is 5.88. The van der Waals surface area contributed by atoms with Crippen LogP contribution < -0.4 is 10.1 Å². The normalized spacial score (nSPS) is 16.4. The Labute approximate surface area is 135 Å². The van der Waals surface area contributed by atoms with Crippen LogP contribution in [0.4, 0.5) is 4.39 Å². The lowest BCUT2D eigenvalue weighted by Crippen LogP contribution is -2.43. The van der Waals surface area contributed by atoms with Gasteiger partial charge in [-0.2, -0.15) is 0 Å². The van der Waals surface area contributed by atoms with E-state index in [9.17, 15) is 14.0 Å². The van der Waals surface area contributed by atoms with Gasteiger partial charge in [-0.1, -0.05) is 19.3 Å². The summed E-state index contributed by atoms with van der Waals surface area (Å²) in [5.41, 5.74) is 0. The first-order chi connectivity index (χ1) is 11.0. The van der Waals surface area contributed by atoms with Gasteiger partial charge >= 0.3 is 5.97 Å². The van der Waals surface area contributed by atoms with Gasteiger partial charge in [0.05, 0.1) is 0 Å². The number of benzene rings is 1. The van der Waals surface area contributed by atoms with Crippen LogP contribution in [-0.4, -0.2) is 30.6 Å². The Morgan fingerprint density at radius 1 is 1.22 bits per heavy atom. The fourth-order valence-corrected chi connectivity index (χ4v) is 2.52. The summed E-state index contributed by atoms with van der Waals surface area (Å²) in [7, 11) is 0. The topological polar surface area (TPSA) is 64.6 Å². The quantitative estimate of drug-likeness (QED) is 0.817. The Morgan fingerprint density at radius 3 is 2.52 bits per heavy atom. The lowest BCUT2D eigenvalue weighted by atomic mass is 9.95. The molecule has 1 N–H and O–H groups in total. The van der Waals surface area contributed by atoms with Crippen molar-refractivity contribution in [2.75, 3.05) is 6.61 Å². The van der Waals surface area contributed by atoms with E-state index < -0.39 is 12.1 Å². The van der Waals surface area contributed by atoms with Crippen molar-refractivity contribution in [2.24, 2.45) is 0 Å². The number of hydrogen-bond donors (Lipinski definition) is 1. The zero-order valence-electron chi connectivity index (χ0n) is 13.2. The highest BCUT2D eigenvalue weighted by molar-refractivity contribution is 5.83. The molecule has 1 aliphatic rings. The second-order valence-corrected chi connectivity index (χ2v) is 5.72. The molecule has 0 radical (unpaired) electrons. The maximum Gasteiger partial charge on any atom is 0.344 e. The maximum atomic E-state index is 12.7. The van der Waals surface area contributed by atoms with Crippen molar-refractivity contribution < 1.29 is 23.5 Å². The van der Waals surface area contributed by atoms with E-state index in [-0.39, 0.29) is 24.4 Å². The van der Waals surface area contributed by atoms with Crippen LogP contribution >= 0.6 is 0 Å². The molecular formula is C17H22FNO4. The lowest BCUT2D eigenvalue weighted by molar-refractivity contribution is -0.156. The number of amides is 1. The van der Waals surface area contributed by atoms with E-state index in [1.54, 1.807) is 0 Å². The average Bonchev–Trinajstić information content (AvgIpc) is 2.55. The summed E-state index contributed by atoms with van der Waals surface area (Å²) in [6.45, 7) is 1.21. The third-order valence-electron chi connectivity index (χ3n) is 3.80. The number of halogens is 1. The first-order valence-corrected chi connectivity index (χ1v) is 7.93. The number of ether oxygens (including phenoxy) is 2. The van der Waals surface area contributed by atoms with Crippen LogP contribution in [0.5, 0.6) is 5.75 Å². The first kappa shape index (κ1) is 17.2. The molecule has 0 aliphatic heterocycles. The van der Waals surface area contributed by atoms with Gasteiger partial charge in [-0.25, -0.2) is 9.18 Å². The molecule has 1 aromatic rings. The Balaban J connectivity index is 1.70. The maximum absolute atomic E-state index is 12.7. The molecule has 1 amide bonds. The molecule has 0 unspecified atom stereocenters. The molecule has 2 rings (SSSR count). The molecule has 1 fully saturated rings. The molecule has 1 saturated carbocycles. The molecule has 0 spiro atoms. The summed E-state index contributed by atoms with van der Waals surface area (Å²) in [5.74, 6) is -0.941.